The minimum atomic E-state index is -0.573. The number of aliphatic hydroxyl groups is 1. The fraction of sp³-hybridized carbons (Fsp3) is 0.636. The summed E-state index contributed by atoms with van der Waals surface area (Å²) in [6.07, 6.45) is 5.92. The maximum atomic E-state index is 10.1. The van der Waals surface area contributed by atoms with Gasteiger partial charge >= 0.3 is 0 Å². The fourth-order valence-electron chi connectivity index (χ4n) is 2.37. The van der Waals surface area contributed by atoms with Crippen LogP contribution in [-0.4, -0.2) is 48.8 Å². The molecule has 2 aromatic heterocycles. The number of rotatable bonds is 1. The number of fused-ring (bicyclic) bond motifs is 1. The third-order valence-electron chi connectivity index (χ3n) is 3.48. The Morgan fingerprint density at radius 2 is 2.17 bits per heavy atom. The van der Waals surface area contributed by atoms with Crippen LogP contribution in [0.4, 0.5) is 5.82 Å². The first-order valence-corrected chi connectivity index (χ1v) is 6.15. The van der Waals surface area contributed by atoms with E-state index in [2.05, 4.69) is 25.4 Å². The van der Waals surface area contributed by atoms with Gasteiger partial charge in [-0.15, -0.1) is 5.10 Å². The van der Waals surface area contributed by atoms with Gasteiger partial charge < -0.3 is 10.0 Å². The van der Waals surface area contributed by atoms with Crippen LogP contribution in [-0.2, 0) is 0 Å². The second-order valence-corrected chi connectivity index (χ2v) is 5.05. The minimum absolute atomic E-state index is 0.573. The molecule has 3 heterocycles. The van der Waals surface area contributed by atoms with Gasteiger partial charge in [-0.2, -0.15) is 4.52 Å². The minimum Gasteiger partial charge on any atom is -0.390 e. The van der Waals surface area contributed by atoms with E-state index >= 15 is 0 Å². The van der Waals surface area contributed by atoms with Crippen LogP contribution >= 0.6 is 0 Å². The van der Waals surface area contributed by atoms with E-state index in [0.29, 0.717) is 5.65 Å². The highest BCUT2D eigenvalue weighted by molar-refractivity contribution is 5.46. The largest absolute Gasteiger partial charge is 0.390 e. The molecule has 1 aliphatic heterocycles. The van der Waals surface area contributed by atoms with E-state index in [-0.39, 0.29) is 0 Å². The molecule has 1 N–H and O–H groups in total. The number of anilines is 1. The lowest BCUT2D eigenvalue weighted by Gasteiger charge is -2.23. The lowest BCUT2D eigenvalue weighted by Crippen LogP contribution is -2.29. The van der Waals surface area contributed by atoms with Gasteiger partial charge in [0.15, 0.2) is 11.5 Å². The monoisotopic (exact) mass is 248 g/mol. The van der Waals surface area contributed by atoms with Crippen molar-refractivity contribution in [3.63, 3.8) is 0 Å². The highest BCUT2D eigenvalue weighted by Gasteiger charge is 2.26. The average molecular weight is 248 g/mol. The van der Waals surface area contributed by atoms with Gasteiger partial charge in [-0.3, -0.25) is 4.98 Å². The quantitative estimate of drug-likeness (QED) is 0.780. The molecule has 1 atom stereocenters. The summed E-state index contributed by atoms with van der Waals surface area (Å²) in [6, 6.07) is 0. The summed E-state index contributed by atoms with van der Waals surface area (Å²) < 4.78 is 1.69. The predicted octanol–water partition coefficient (Wildman–Crippen LogP) is 0.261. The summed E-state index contributed by atoms with van der Waals surface area (Å²) in [5, 5.41) is 21.6. The Morgan fingerprint density at radius 1 is 1.28 bits per heavy atom. The van der Waals surface area contributed by atoms with Crippen LogP contribution in [0.15, 0.2) is 12.4 Å². The Labute approximate surface area is 104 Å². The highest BCUT2D eigenvalue weighted by atomic mass is 16.3. The van der Waals surface area contributed by atoms with Gasteiger partial charge in [-0.25, -0.2) is 0 Å². The molecular weight excluding hydrogens is 232 g/mol. The van der Waals surface area contributed by atoms with Crippen molar-refractivity contribution in [2.24, 2.45) is 0 Å². The SMILES string of the molecule is CC1(O)CCCN(c2cncc3nnnn23)CC1. The standard InChI is InChI=1S/C11H16N6O/c1-11(18)3-2-5-16(6-4-11)10-8-12-7-9-13-14-15-17(9)10/h7-8,18H,2-6H2,1H3. The Morgan fingerprint density at radius 3 is 3.06 bits per heavy atom. The molecule has 3 rings (SSSR count). The van der Waals surface area contributed by atoms with E-state index in [1.54, 1.807) is 16.9 Å². The van der Waals surface area contributed by atoms with Crippen molar-refractivity contribution >= 4 is 11.5 Å². The summed E-state index contributed by atoms with van der Waals surface area (Å²) in [5.41, 5.74) is 0.0694. The first kappa shape index (κ1) is 11.3. The lowest BCUT2D eigenvalue weighted by atomic mass is 9.98. The third-order valence-corrected chi connectivity index (χ3v) is 3.48. The number of hydrogen-bond donors (Lipinski definition) is 1. The van der Waals surface area contributed by atoms with E-state index in [9.17, 15) is 5.11 Å². The Kier molecular flexibility index (Phi) is 2.62. The van der Waals surface area contributed by atoms with Crippen molar-refractivity contribution in [3.8, 4) is 0 Å². The van der Waals surface area contributed by atoms with Crippen LogP contribution in [0.5, 0.6) is 0 Å². The van der Waals surface area contributed by atoms with Crippen molar-refractivity contribution in [2.75, 3.05) is 18.0 Å². The Balaban J connectivity index is 1.92. The van der Waals surface area contributed by atoms with Crippen LogP contribution in [0.25, 0.3) is 5.65 Å². The maximum Gasteiger partial charge on any atom is 0.199 e. The fourth-order valence-corrected chi connectivity index (χ4v) is 2.37. The molecule has 1 saturated heterocycles. The van der Waals surface area contributed by atoms with Crippen molar-refractivity contribution in [2.45, 2.75) is 31.8 Å². The second kappa shape index (κ2) is 4.16. The molecule has 1 aliphatic rings. The smallest absolute Gasteiger partial charge is 0.199 e. The molecule has 0 saturated carbocycles. The van der Waals surface area contributed by atoms with E-state index in [1.807, 2.05) is 6.92 Å². The zero-order valence-corrected chi connectivity index (χ0v) is 10.3. The van der Waals surface area contributed by atoms with Gasteiger partial charge in [0.25, 0.3) is 0 Å². The van der Waals surface area contributed by atoms with E-state index in [0.717, 1.165) is 38.2 Å². The van der Waals surface area contributed by atoms with Crippen molar-refractivity contribution in [1.82, 2.24) is 25.0 Å². The van der Waals surface area contributed by atoms with Crippen molar-refractivity contribution in [1.29, 1.82) is 0 Å². The Bertz CT molecular complexity index is 551. The lowest BCUT2D eigenvalue weighted by molar-refractivity contribution is 0.0481. The number of hydrogen-bond acceptors (Lipinski definition) is 6. The van der Waals surface area contributed by atoms with Gasteiger partial charge in [0.05, 0.1) is 18.0 Å². The number of aromatic nitrogens is 5. The van der Waals surface area contributed by atoms with Crippen molar-refractivity contribution < 1.29 is 5.11 Å². The molecule has 0 amide bonds. The van der Waals surface area contributed by atoms with Crippen molar-refractivity contribution in [3.05, 3.63) is 12.4 Å². The summed E-state index contributed by atoms with van der Waals surface area (Å²) in [7, 11) is 0. The predicted molar refractivity (Wildman–Crippen MR) is 65.3 cm³/mol. The molecule has 0 bridgehead atoms. The molecule has 96 valence electrons. The number of tetrazole rings is 1. The molecule has 18 heavy (non-hydrogen) atoms. The molecular formula is C11H16N6O. The average Bonchev–Trinajstić information content (AvgIpc) is 2.74. The number of nitrogens with zero attached hydrogens (tertiary/aromatic N) is 6. The molecule has 0 aromatic carbocycles. The van der Waals surface area contributed by atoms with Gasteiger partial charge in [0.1, 0.15) is 0 Å². The summed E-state index contributed by atoms with van der Waals surface area (Å²) in [6.45, 7) is 3.57. The van der Waals surface area contributed by atoms with Crippen LogP contribution in [0.1, 0.15) is 26.2 Å². The van der Waals surface area contributed by atoms with E-state index in [4.69, 9.17) is 0 Å². The zero-order chi connectivity index (χ0) is 12.6. The molecule has 1 fully saturated rings. The maximum absolute atomic E-state index is 10.1. The normalized spacial score (nSPS) is 25.3. The molecule has 7 nitrogen and oxygen atoms in total. The van der Waals surface area contributed by atoms with Gasteiger partial charge in [0.2, 0.25) is 0 Å². The second-order valence-electron chi connectivity index (χ2n) is 5.05. The van der Waals surface area contributed by atoms with Crippen LogP contribution in [0.3, 0.4) is 0 Å². The van der Waals surface area contributed by atoms with Crippen LogP contribution < -0.4 is 4.90 Å². The molecule has 0 aliphatic carbocycles. The summed E-state index contributed by atoms with van der Waals surface area (Å²) in [4.78, 5) is 6.34. The Hall–Kier alpha value is -1.76. The van der Waals surface area contributed by atoms with Gasteiger partial charge in [-0.05, 0) is 36.6 Å². The van der Waals surface area contributed by atoms with Crippen LogP contribution in [0.2, 0.25) is 0 Å². The molecule has 2 aromatic rings. The zero-order valence-electron chi connectivity index (χ0n) is 10.3. The summed E-state index contributed by atoms with van der Waals surface area (Å²) in [5.74, 6) is 0.884. The third kappa shape index (κ3) is 2.01. The summed E-state index contributed by atoms with van der Waals surface area (Å²) >= 11 is 0. The van der Waals surface area contributed by atoms with E-state index < -0.39 is 5.60 Å². The molecule has 0 radical (unpaired) electrons. The topological polar surface area (TPSA) is 79.4 Å². The van der Waals surface area contributed by atoms with Gasteiger partial charge in [0, 0.05) is 13.1 Å². The first-order valence-electron chi connectivity index (χ1n) is 6.15. The van der Waals surface area contributed by atoms with E-state index in [1.165, 1.54) is 0 Å². The molecule has 7 heteroatoms. The first-order chi connectivity index (χ1) is 8.66. The molecule has 0 spiro atoms. The highest BCUT2D eigenvalue weighted by Crippen LogP contribution is 2.24. The van der Waals surface area contributed by atoms with Crippen LogP contribution in [0, 0.1) is 0 Å². The van der Waals surface area contributed by atoms with Gasteiger partial charge in [-0.1, -0.05) is 0 Å². The molecule has 1 unspecified atom stereocenters.